The smallest absolute Gasteiger partial charge is 0.343 e. The molecule has 0 N–H and O–H groups in total. The van der Waals surface area contributed by atoms with Crippen LogP contribution in [-0.4, -0.2) is 58.2 Å². The topological polar surface area (TPSA) is 89.5 Å². The van der Waals surface area contributed by atoms with E-state index in [0.717, 1.165) is 36.3 Å². The van der Waals surface area contributed by atoms with Gasteiger partial charge in [0, 0.05) is 0 Å². The molecule has 0 amide bonds. The maximum absolute atomic E-state index is 12.6. The molecule has 232 valence electrons. The van der Waals surface area contributed by atoms with Crippen LogP contribution in [0, 0.1) is 5.92 Å². The van der Waals surface area contributed by atoms with Gasteiger partial charge in [0.1, 0.15) is 30.5 Å². The second-order valence-corrected chi connectivity index (χ2v) is 10.1. The first-order valence-corrected chi connectivity index (χ1v) is 15.1. The van der Waals surface area contributed by atoms with Crippen LogP contribution in [0.15, 0.2) is 72.8 Å². The lowest BCUT2D eigenvalue weighted by molar-refractivity contribution is -0.149. The highest BCUT2D eigenvalue weighted by Crippen LogP contribution is 2.25. The molecule has 3 aromatic rings. The van der Waals surface area contributed by atoms with Crippen LogP contribution < -0.4 is 14.2 Å². The van der Waals surface area contributed by atoms with Crippen LogP contribution in [0.1, 0.15) is 56.8 Å². The first kappa shape index (κ1) is 33.6. The molecule has 0 aliphatic carbocycles. The molecule has 43 heavy (non-hydrogen) atoms. The van der Waals surface area contributed by atoms with Gasteiger partial charge in [-0.1, -0.05) is 57.9 Å². The molecule has 8 heteroatoms. The summed E-state index contributed by atoms with van der Waals surface area (Å²) >= 11 is 0. The van der Waals surface area contributed by atoms with Crippen LogP contribution in [-0.2, 0) is 19.0 Å². The lowest BCUT2D eigenvalue weighted by Gasteiger charge is -2.10. The minimum absolute atomic E-state index is 0.0902. The van der Waals surface area contributed by atoms with Crippen molar-refractivity contribution in [3.63, 3.8) is 0 Å². The summed E-state index contributed by atoms with van der Waals surface area (Å²) in [6, 6.07) is 22.2. The summed E-state index contributed by atoms with van der Waals surface area (Å²) in [5.74, 6) is 1.23. The number of unbranched alkanes of at least 4 members (excludes halogenated alkanes) is 2. The number of carbonyl (C=O) groups excluding carboxylic acids is 2. The Bertz CT molecular complexity index is 1210. The molecule has 0 fully saturated rings. The molecule has 1 unspecified atom stereocenters. The first-order chi connectivity index (χ1) is 21.0. The summed E-state index contributed by atoms with van der Waals surface area (Å²) in [5.41, 5.74) is 2.51. The SMILES string of the molecule is CCCCCOc1ccc(-c2ccc(OC(=O)c3ccc(OCCOCCOCCOC(=O)C(C)CC)cc3)cc2)cc1. The lowest BCUT2D eigenvalue weighted by atomic mass is 10.1. The van der Waals surface area contributed by atoms with E-state index in [2.05, 4.69) is 6.92 Å². The van der Waals surface area contributed by atoms with Gasteiger partial charge in [0.25, 0.3) is 0 Å². The summed E-state index contributed by atoms with van der Waals surface area (Å²) in [7, 11) is 0. The van der Waals surface area contributed by atoms with E-state index in [1.807, 2.05) is 50.2 Å². The van der Waals surface area contributed by atoms with Gasteiger partial charge < -0.3 is 28.4 Å². The molecule has 0 radical (unpaired) electrons. The summed E-state index contributed by atoms with van der Waals surface area (Å²) < 4.78 is 33.0. The Morgan fingerprint density at radius 1 is 0.605 bits per heavy atom. The molecule has 8 nitrogen and oxygen atoms in total. The van der Waals surface area contributed by atoms with Gasteiger partial charge in [-0.3, -0.25) is 4.79 Å². The predicted molar refractivity (Wildman–Crippen MR) is 166 cm³/mol. The van der Waals surface area contributed by atoms with Crippen molar-refractivity contribution in [3.05, 3.63) is 78.4 Å². The average Bonchev–Trinajstić information content (AvgIpc) is 3.04. The van der Waals surface area contributed by atoms with Crippen molar-refractivity contribution in [2.24, 2.45) is 5.92 Å². The highest BCUT2D eigenvalue weighted by molar-refractivity contribution is 5.91. The number of benzene rings is 3. The Kier molecular flexibility index (Phi) is 15.1. The Balaban J connectivity index is 1.30. The van der Waals surface area contributed by atoms with Gasteiger partial charge >= 0.3 is 11.9 Å². The lowest BCUT2D eigenvalue weighted by Crippen LogP contribution is -2.18. The van der Waals surface area contributed by atoms with E-state index in [9.17, 15) is 9.59 Å². The van der Waals surface area contributed by atoms with Gasteiger partial charge in [0.2, 0.25) is 0 Å². The minimum atomic E-state index is -0.443. The van der Waals surface area contributed by atoms with Gasteiger partial charge in [-0.2, -0.15) is 0 Å². The van der Waals surface area contributed by atoms with Gasteiger partial charge in [0.05, 0.1) is 44.5 Å². The molecule has 0 aromatic heterocycles. The fourth-order valence-electron chi connectivity index (χ4n) is 3.90. The van der Waals surface area contributed by atoms with Gasteiger partial charge in [0.15, 0.2) is 0 Å². The first-order valence-electron chi connectivity index (χ1n) is 15.1. The monoisotopic (exact) mass is 592 g/mol. The van der Waals surface area contributed by atoms with Crippen molar-refractivity contribution < 1.29 is 38.0 Å². The number of hydrogen-bond acceptors (Lipinski definition) is 8. The second-order valence-electron chi connectivity index (χ2n) is 10.1. The Hall–Kier alpha value is -3.88. The van der Waals surface area contributed by atoms with E-state index in [0.29, 0.717) is 50.1 Å². The Labute approximate surface area is 255 Å². The van der Waals surface area contributed by atoms with E-state index in [4.69, 9.17) is 28.4 Å². The maximum Gasteiger partial charge on any atom is 0.343 e. The molecule has 0 aliphatic rings. The summed E-state index contributed by atoms with van der Waals surface area (Å²) in [4.78, 5) is 24.2. The highest BCUT2D eigenvalue weighted by Gasteiger charge is 2.11. The van der Waals surface area contributed by atoms with E-state index in [1.54, 1.807) is 36.4 Å². The van der Waals surface area contributed by atoms with Gasteiger partial charge in [-0.05, 0) is 72.5 Å². The Morgan fingerprint density at radius 2 is 1.12 bits per heavy atom. The third-order valence-electron chi connectivity index (χ3n) is 6.71. The molecule has 0 saturated carbocycles. The average molecular weight is 593 g/mol. The number of ether oxygens (including phenoxy) is 6. The van der Waals surface area contributed by atoms with Crippen LogP contribution >= 0.6 is 0 Å². The molecular weight excluding hydrogens is 548 g/mol. The second kappa shape index (κ2) is 19.3. The molecule has 0 bridgehead atoms. The predicted octanol–water partition coefficient (Wildman–Crippen LogP) is 7.14. The van der Waals surface area contributed by atoms with Crippen LogP contribution in [0.4, 0.5) is 0 Å². The number of rotatable bonds is 20. The fourth-order valence-corrected chi connectivity index (χ4v) is 3.90. The number of carbonyl (C=O) groups is 2. The third-order valence-corrected chi connectivity index (χ3v) is 6.71. The van der Waals surface area contributed by atoms with Crippen molar-refractivity contribution in [2.75, 3.05) is 46.2 Å². The summed E-state index contributed by atoms with van der Waals surface area (Å²) in [6.45, 7) is 8.85. The quantitative estimate of drug-likeness (QED) is 0.0777. The van der Waals surface area contributed by atoms with E-state index in [1.165, 1.54) is 12.8 Å². The van der Waals surface area contributed by atoms with E-state index < -0.39 is 5.97 Å². The number of hydrogen-bond donors (Lipinski definition) is 0. The normalized spacial score (nSPS) is 11.5. The zero-order chi connectivity index (χ0) is 30.7. The minimum Gasteiger partial charge on any atom is -0.494 e. The molecule has 3 rings (SSSR count). The van der Waals surface area contributed by atoms with Crippen LogP contribution in [0.2, 0.25) is 0 Å². The zero-order valence-corrected chi connectivity index (χ0v) is 25.5. The van der Waals surface area contributed by atoms with Gasteiger partial charge in [-0.25, -0.2) is 4.79 Å². The molecule has 1 atom stereocenters. The van der Waals surface area contributed by atoms with E-state index >= 15 is 0 Å². The largest absolute Gasteiger partial charge is 0.494 e. The van der Waals surface area contributed by atoms with Crippen LogP contribution in [0.5, 0.6) is 17.2 Å². The molecule has 0 saturated heterocycles. The van der Waals surface area contributed by atoms with Crippen molar-refractivity contribution in [1.29, 1.82) is 0 Å². The van der Waals surface area contributed by atoms with E-state index in [-0.39, 0.29) is 18.5 Å². The van der Waals surface area contributed by atoms with Crippen molar-refractivity contribution in [3.8, 4) is 28.4 Å². The zero-order valence-electron chi connectivity index (χ0n) is 25.5. The third kappa shape index (κ3) is 12.5. The molecular formula is C35H44O8. The summed E-state index contributed by atoms with van der Waals surface area (Å²) in [5, 5.41) is 0. The number of esters is 2. The maximum atomic E-state index is 12.6. The summed E-state index contributed by atoms with van der Waals surface area (Å²) in [6.07, 6.45) is 4.17. The van der Waals surface area contributed by atoms with Gasteiger partial charge in [-0.15, -0.1) is 0 Å². The van der Waals surface area contributed by atoms with Crippen LogP contribution in [0.3, 0.4) is 0 Å². The molecule has 0 spiro atoms. The van der Waals surface area contributed by atoms with Crippen LogP contribution in [0.25, 0.3) is 11.1 Å². The molecule has 0 heterocycles. The molecule has 0 aliphatic heterocycles. The standard InChI is InChI=1S/C35H44O8/c1-4-6-7-20-40-31-14-8-28(9-15-31)29-10-18-33(19-11-29)43-35(37)30-12-16-32(17-13-30)41-25-23-38-21-22-39-24-26-42-34(36)27(3)5-2/h8-19,27H,4-7,20-26H2,1-3H3. The highest BCUT2D eigenvalue weighted by atomic mass is 16.6. The van der Waals surface area contributed by atoms with Crippen molar-refractivity contribution >= 4 is 11.9 Å². The Morgan fingerprint density at radius 3 is 1.70 bits per heavy atom. The molecule has 3 aromatic carbocycles. The fraction of sp³-hybridized carbons (Fsp3) is 0.429. The van der Waals surface area contributed by atoms with Crippen molar-refractivity contribution in [1.82, 2.24) is 0 Å². The van der Waals surface area contributed by atoms with Crippen molar-refractivity contribution in [2.45, 2.75) is 46.5 Å².